The number of hydrogen-bond donors (Lipinski definition) is 6. The number of aromatic nitrogens is 4. The van der Waals surface area contributed by atoms with Crippen molar-refractivity contribution in [1.29, 1.82) is 0 Å². The molecule has 0 spiro atoms. The van der Waals surface area contributed by atoms with E-state index >= 15 is 0 Å². The van der Waals surface area contributed by atoms with Crippen LogP contribution < -0.4 is 36.3 Å². The van der Waals surface area contributed by atoms with Crippen LogP contribution in [0.5, 0.6) is 5.75 Å². The van der Waals surface area contributed by atoms with Crippen LogP contribution in [0.3, 0.4) is 0 Å². The van der Waals surface area contributed by atoms with Crippen molar-refractivity contribution in [1.82, 2.24) is 51.2 Å². The number of nitrogens with zero attached hydrogens (tertiary/aromatic N) is 6. The number of aliphatic hydroxyl groups is 1. The molecular weight excluding hydrogens is 839 g/mol. The Labute approximate surface area is 371 Å². The second-order valence-corrected chi connectivity index (χ2v) is 15.2. The Kier molecular flexibility index (Phi) is 18.6. The van der Waals surface area contributed by atoms with Crippen molar-refractivity contribution in [3.8, 4) is 18.1 Å². The molecule has 7 atom stereocenters. The summed E-state index contributed by atoms with van der Waals surface area (Å²) in [6, 6.07) is 4.02. The van der Waals surface area contributed by atoms with E-state index in [1.807, 2.05) is 19.0 Å². The normalized spacial score (nSPS) is 21.6. The summed E-state index contributed by atoms with van der Waals surface area (Å²) in [5.74, 6) is 2.64. The number of hydrogen-bond acceptors (Lipinski definition) is 18. The molecule has 3 aromatic rings. The van der Waals surface area contributed by atoms with Gasteiger partial charge in [0.15, 0.2) is 23.2 Å². The molecule has 5 rings (SSSR count). The highest BCUT2D eigenvalue weighted by molar-refractivity contribution is 5.87. The summed E-state index contributed by atoms with van der Waals surface area (Å²) >= 11 is 0. The zero-order valence-corrected chi connectivity index (χ0v) is 36.7. The molecule has 4 amide bonds. The third-order valence-corrected chi connectivity index (χ3v) is 10.3. The van der Waals surface area contributed by atoms with Gasteiger partial charge in [-0.3, -0.25) is 14.2 Å². The molecule has 6 N–H and O–H groups in total. The van der Waals surface area contributed by atoms with Crippen LogP contribution in [0, 0.1) is 12.3 Å². The molecule has 2 saturated heterocycles. The summed E-state index contributed by atoms with van der Waals surface area (Å²) < 4.78 is 39.9. The van der Waals surface area contributed by atoms with Gasteiger partial charge in [0.25, 0.3) is 0 Å². The molecule has 0 radical (unpaired) electrons. The largest absolute Gasteiger partial charge is 0.508 e. The lowest BCUT2D eigenvalue weighted by atomic mass is 10.0. The van der Waals surface area contributed by atoms with Gasteiger partial charge in [0.2, 0.25) is 11.8 Å². The zero-order chi connectivity index (χ0) is 46.1. The maximum Gasteiger partial charge on any atom is 0.508 e. The molecule has 0 aliphatic carbocycles. The van der Waals surface area contributed by atoms with Crippen molar-refractivity contribution in [3.05, 3.63) is 42.5 Å². The predicted molar refractivity (Wildman–Crippen MR) is 229 cm³/mol. The summed E-state index contributed by atoms with van der Waals surface area (Å²) in [5.41, 5.74) is 4.35. The van der Waals surface area contributed by atoms with E-state index in [0.717, 1.165) is 0 Å². The van der Waals surface area contributed by atoms with Gasteiger partial charge in [-0.1, -0.05) is 18.1 Å². The Morgan fingerprint density at radius 2 is 1.72 bits per heavy atom. The Balaban J connectivity index is 1.18. The number of terminal acetylenes is 1. The highest BCUT2D eigenvalue weighted by Crippen LogP contribution is 2.33. The fourth-order valence-corrected chi connectivity index (χ4v) is 6.62. The number of ether oxygens (including phenoxy) is 7. The maximum absolute atomic E-state index is 14.2. The van der Waals surface area contributed by atoms with E-state index in [-0.39, 0.29) is 77.2 Å². The van der Waals surface area contributed by atoms with E-state index < -0.39 is 55.2 Å². The SMILES string of the molecule is C#CCOCCC(=O)NCCOCCOCCNC(=O)N[C@@H](Cc1ccc(OC)cc1)C(=O)N[C@@H]1[C@@H](COC(=O)OCCC2(C)NN2C)OC(n2cnc3c(N(C)C)ncnc32)[C@@H]1O. The van der Waals surface area contributed by atoms with E-state index in [9.17, 15) is 24.3 Å². The van der Waals surface area contributed by atoms with Crippen LogP contribution in [-0.2, 0) is 44.4 Å². The molecular formula is C41H59N11O12. The van der Waals surface area contributed by atoms with Crippen LogP contribution in [0.2, 0.25) is 0 Å². The number of fused-ring (bicyclic) bond motifs is 1. The lowest BCUT2D eigenvalue weighted by molar-refractivity contribution is -0.125. The van der Waals surface area contributed by atoms with Crippen LogP contribution in [0.4, 0.5) is 15.4 Å². The Morgan fingerprint density at radius 3 is 2.39 bits per heavy atom. The van der Waals surface area contributed by atoms with Crippen molar-refractivity contribution in [3.63, 3.8) is 0 Å². The van der Waals surface area contributed by atoms with E-state index in [0.29, 0.717) is 41.3 Å². The van der Waals surface area contributed by atoms with Crippen molar-refractivity contribution in [2.75, 3.05) is 99.1 Å². The maximum atomic E-state index is 14.2. The van der Waals surface area contributed by atoms with Gasteiger partial charge in [-0.15, -0.1) is 6.42 Å². The Hall–Kier alpha value is -5.87. The molecule has 2 aliphatic rings. The fraction of sp³-hybridized carbons (Fsp3) is 0.585. The smallest absolute Gasteiger partial charge is 0.497 e. The Morgan fingerprint density at radius 1 is 1.00 bits per heavy atom. The van der Waals surface area contributed by atoms with Crippen molar-refractivity contribution < 1.29 is 57.4 Å². The molecule has 2 aliphatic heterocycles. The molecule has 0 bridgehead atoms. The number of anilines is 1. The number of nitrogens with one attached hydrogen (secondary N) is 5. The highest BCUT2D eigenvalue weighted by atomic mass is 16.7. The van der Waals surface area contributed by atoms with Gasteiger partial charge in [0, 0.05) is 47.1 Å². The second-order valence-electron chi connectivity index (χ2n) is 15.2. The van der Waals surface area contributed by atoms with Gasteiger partial charge < -0.3 is 64.4 Å². The zero-order valence-electron chi connectivity index (χ0n) is 36.7. The van der Waals surface area contributed by atoms with Crippen molar-refractivity contribution >= 4 is 41.0 Å². The molecule has 23 nitrogen and oxygen atoms in total. The monoisotopic (exact) mass is 897 g/mol. The second kappa shape index (κ2) is 24.3. The number of carbonyl (C=O) groups excluding carboxylic acids is 4. The topological polar surface area (TPSA) is 273 Å². The van der Waals surface area contributed by atoms with Crippen LogP contribution in [0.25, 0.3) is 11.2 Å². The van der Waals surface area contributed by atoms with Crippen molar-refractivity contribution in [2.45, 2.75) is 62.4 Å². The number of benzene rings is 1. The number of hydrazine groups is 1. The molecule has 64 heavy (non-hydrogen) atoms. The lowest BCUT2D eigenvalue weighted by Gasteiger charge is -2.25. The van der Waals surface area contributed by atoms with Gasteiger partial charge in [-0.25, -0.2) is 35.0 Å². The molecule has 2 fully saturated rings. The van der Waals surface area contributed by atoms with Crippen molar-refractivity contribution in [2.24, 2.45) is 0 Å². The third-order valence-electron chi connectivity index (χ3n) is 10.3. The van der Waals surface area contributed by atoms with Crippen LogP contribution in [-0.4, -0.2) is 178 Å². The molecule has 4 heterocycles. The molecule has 23 heteroatoms. The standard InChI is InChI=1S/C41H59N11O12/c1-7-16-59-17-12-31(53)42-14-19-60-21-22-61-20-15-43-39(56)47-29(23-27-8-10-28(58-6)11-9-27)37(55)48-32-30(24-63-40(57)62-18-13-41(2)49-51(41)5)64-38(34(32)54)52-26-46-33-35(50(3)4)44-25-45-36(33)52/h1,8-11,25-26,29-30,32,34,38,49,54H,12-24H2,2-6H3,(H,42,53)(H,48,55)(H2,43,47,56)/t29-,30+,32+,34+,38?,41?,51?/m0/s1. The number of amides is 4. The van der Waals surface area contributed by atoms with Gasteiger partial charge in [-0.2, -0.15) is 0 Å². The van der Waals surface area contributed by atoms with E-state index in [1.165, 1.54) is 24.3 Å². The number of aliphatic hydroxyl groups excluding tert-OH is 1. The van der Waals surface area contributed by atoms with Crippen LogP contribution in [0.1, 0.15) is 31.6 Å². The third kappa shape index (κ3) is 14.3. The minimum atomic E-state index is -1.42. The molecule has 2 aromatic heterocycles. The van der Waals surface area contributed by atoms with E-state index in [1.54, 1.807) is 43.3 Å². The predicted octanol–water partition coefficient (Wildman–Crippen LogP) is -0.547. The fourth-order valence-electron chi connectivity index (χ4n) is 6.62. The summed E-state index contributed by atoms with van der Waals surface area (Å²) in [6.07, 6.45) is 4.07. The first kappa shape index (κ1) is 49.2. The first-order valence-electron chi connectivity index (χ1n) is 20.7. The quantitative estimate of drug-likeness (QED) is 0.0255. The van der Waals surface area contributed by atoms with Crippen LogP contribution >= 0.6 is 0 Å². The van der Waals surface area contributed by atoms with Gasteiger partial charge in [0.1, 0.15) is 43.5 Å². The van der Waals surface area contributed by atoms with Crippen LogP contribution in [0.15, 0.2) is 36.9 Å². The summed E-state index contributed by atoms with van der Waals surface area (Å²) in [4.78, 5) is 66.8. The average Bonchev–Trinajstić information content (AvgIpc) is 3.52. The Bertz CT molecular complexity index is 2030. The minimum Gasteiger partial charge on any atom is -0.497 e. The highest BCUT2D eigenvalue weighted by Gasteiger charge is 2.48. The van der Waals surface area contributed by atoms with E-state index in [2.05, 4.69) is 47.6 Å². The minimum absolute atomic E-state index is 0.0526. The number of rotatable bonds is 26. The number of carbonyl (C=O) groups is 4. The van der Waals surface area contributed by atoms with Gasteiger partial charge in [-0.05, 0) is 24.6 Å². The van der Waals surface area contributed by atoms with Gasteiger partial charge >= 0.3 is 12.2 Å². The molecule has 0 saturated carbocycles. The number of methoxy groups -OCH3 is 1. The summed E-state index contributed by atoms with van der Waals surface area (Å²) in [6.45, 7) is 3.39. The lowest BCUT2D eigenvalue weighted by Crippen LogP contribution is -2.57. The first-order chi connectivity index (χ1) is 30.8. The van der Waals surface area contributed by atoms with E-state index in [4.69, 9.17) is 39.6 Å². The average molecular weight is 898 g/mol. The number of imidazole rings is 1. The molecule has 1 aromatic carbocycles. The molecule has 350 valence electrons. The summed E-state index contributed by atoms with van der Waals surface area (Å²) in [5, 5.41) is 24.7. The summed E-state index contributed by atoms with van der Waals surface area (Å²) in [7, 11) is 7.02. The first-order valence-corrected chi connectivity index (χ1v) is 20.7. The number of urea groups is 1. The molecule has 3 unspecified atom stereocenters. The van der Waals surface area contributed by atoms with Gasteiger partial charge in [0.05, 0.1) is 71.2 Å².